The number of hydrogen-bond acceptors (Lipinski definition) is 3. The van der Waals surface area contributed by atoms with Crippen LogP contribution in [0, 0.1) is 5.92 Å². The van der Waals surface area contributed by atoms with Crippen LogP contribution >= 0.6 is 0 Å². The standard InChI is InChI=1S/C13H27N3O2/c1-5-6-10(9-14)12(18)15-8-7-11(17)16-13(2,3)4/h10H,5-9,14H2,1-4H3,(H,15,18)(H,16,17). The molecule has 1 unspecified atom stereocenters. The van der Waals surface area contributed by atoms with Gasteiger partial charge in [-0.15, -0.1) is 0 Å². The lowest BCUT2D eigenvalue weighted by atomic mass is 10.0. The predicted octanol–water partition coefficient (Wildman–Crippen LogP) is 0.782. The van der Waals surface area contributed by atoms with Crippen molar-refractivity contribution >= 4 is 11.8 Å². The maximum Gasteiger partial charge on any atom is 0.224 e. The molecule has 0 aromatic rings. The Morgan fingerprint density at radius 2 is 1.89 bits per heavy atom. The summed E-state index contributed by atoms with van der Waals surface area (Å²) in [6, 6.07) is 0. The Hall–Kier alpha value is -1.10. The average molecular weight is 257 g/mol. The molecule has 0 aliphatic carbocycles. The van der Waals surface area contributed by atoms with Gasteiger partial charge in [0.15, 0.2) is 0 Å². The summed E-state index contributed by atoms with van der Waals surface area (Å²) in [5, 5.41) is 5.60. The molecule has 5 nitrogen and oxygen atoms in total. The van der Waals surface area contributed by atoms with Crippen molar-refractivity contribution in [3.63, 3.8) is 0 Å². The van der Waals surface area contributed by atoms with Crippen LogP contribution in [-0.2, 0) is 9.59 Å². The number of amides is 2. The van der Waals surface area contributed by atoms with Gasteiger partial charge in [0.1, 0.15) is 0 Å². The molecule has 0 fully saturated rings. The minimum atomic E-state index is -0.233. The van der Waals surface area contributed by atoms with Crippen LogP contribution in [0.4, 0.5) is 0 Å². The summed E-state index contributed by atoms with van der Waals surface area (Å²) >= 11 is 0. The van der Waals surface area contributed by atoms with Crippen molar-refractivity contribution in [3.8, 4) is 0 Å². The van der Waals surface area contributed by atoms with Gasteiger partial charge in [0.2, 0.25) is 11.8 Å². The van der Waals surface area contributed by atoms with Crippen LogP contribution in [0.5, 0.6) is 0 Å². The Bertz CT molecular complexity index is 272. The van der Waals surface area contributed by atoms with Crippen molar-refractivity contribution in [1.29, 1.82) is 0 Å². The molecular formula is C13H27N3O2. The van der Waals surface area contributed by atoms with Gasteiger partial charge in [-0.2, -0.15) is 0 Å². The lowest BCUT2D eigenvalue weighted by molar-refractivity contribution is -0.125. The Morgan fingerprint density at radius 1 is 1.28 bits per heavy atom. The molecule has 0 heterocycles. The molecule has 0 saturated carbocycles. The van der Waals surface area contributed by atoms with Crippen LogP contribution < -0.4 is 16.4 Å². The molecule has 0 saturated heterocycles. The number of nitrogens with one attached hydrogen (secondary N) is 2. The third kappa shape index (κ3) is 8.06. The van der Waals surface area contributed by atoms with Gasteiger partial charge >= 0.3 is 0 Å². The Kier molecular flexibility index (Phi) is 7.59. The molecule has 0 aromatic heterocycles. The van der Waals surface area contributed by atoms with Crippen LogP contribution in [0.3, 0.4) is 0 Å². The molecule has 0 radical (unpaired) electrons. The third-order valence-electron chi connectivity index (χ3n) is 2.46. The van der Waals surface area contributed by atoms with Crippen molar-refractivity contribution in [2.24, 2.45) is 11.7 Å². The number of rotatable bonds is 7. The lowest BCUT2D eigenvalue weighted by Crippen LogP contribution is -2.42. The molecule has 18 heavy (non-hydrogen) atoms. The Morgan fingerprint density at radius 3 is 2.33 bits per heavy atom. The molecule has 106 valence electrons. The second-order valence-corrected chi connectivity index (χ2v) is 5.56. The SMILES string of the molecule is CCCC(CN)C(=O)NCCC(=O)NC(C)(C)C. The molecule has 2 amide bonds. The summed E-state index contributed by atoms with van der Waals surface area (Å²) in [6.07, 6.45) is 2.02. The Balaban J connectivity index is 3.90. The summed E-state index contributed by atoms with van der Waals surface area (Å²) in [6.45, 7) is 8.51. The van der Waals surface area contributed by atoms with Crippen molar-refractivity contribution in [1.82, 2.24) is 10.6 Å². The fourth-order valence-electron chi connectivity index (χ4n) is 1.63. The van der Waals surface area contributed by atoms with Gasteiger partial charge in [-0.05, 0) is 27.2 Å². The quantitative estimate of drug-likeness (QED) is 0.630. The molecule has 5 heteroatoms. The van der Waals surface area contributed by atoms with Crippen LogP contribution in [0.15, 0.2) is 0 Å². The average Bonchev–Trinajstić information content (AvgIpc) is 2.23. The molecule has 0 aliphatic heterocycles. The zero-order chi connectivity index (χ0) is 14.2. The summed E-state index contributed by atoms with van der Waals surface area (Å²) in [4.78, 5) is 23.2. The van der Waals surface area contributed by atoms with Crippen LogP contribution in [0.1, 0.15) is 47.0 Å². The summed E-state index contributed by atoms with van der Waals surface area (Å²) < 4.78 is 0. The largest absolute Gasteiger partial charge is 0.355 e. The maximum absolute atomic E-state index is 11.7. The number of carbonyl (C=O) groups excluding carboxylic acids is 2. The van der Waals surface area contributed by atoms with E-state index in [0.717, 1.165) is 12.8 Å². The first-order chi connectivity index (χ1) is 8.30. The zero-order valence-corrected chi connectivity index (χ0v) is 12.0. The van der Waals surface area contributed by atoms with Gasteiger partial charge in [-0.25, -0.2) is 0 Å². The Labute approximate surface area is 110 Å². The minimum Gasteiger partial charge on any atom is -0.355 e. The smallest absolute Gasteiger partial charge is 0.224 e. The second kappa shape index (κ2) is 8.08. The maximum atomic E-state index is 11.7. The summed E-state index contributed by atoms with van der Waals surface area (Å²) in [5.74, 6) is -0.244. The lowest BCUT2D eigenvalue weighted by Gasteiger charge is -2.20. The highest BCUT2D eigenvalue weighted by atomic mass is 16.2. The fraction of sp³-hybridized carbons (Fsp3) is 0.846. The molecule has 0 rings (SSSR count). The molecular weight excluding hydrogens is 230 g/mol. The first-order valence-electron chi connectivity index (χ1n) is 6.59. The van der Waals surface area contributed by atoms with E-state index in [4.69, 9.17) is 5.73 Å². The first kappa shape index (κ1) is 16.9. The van der Waals surface area contributed by atoms with Gasteiger partial charge in [-0.3, -0.25) is 9.59 Å². The molecule has 0 aliphatic rings. The van der Waals surface area contributed by atoms with E-state index in [1.54, 1.807) is 0 Å². The van der Waals surface area contributed by atoms with E-state index >= 15 is 0 Å². The highest BCUT2D eigenvalue weighted by molar-refractivity contribution is 5.80. The normalized spacial score (nSPS) is 12.9. The van der Waals surface area contributed by atoms with E-state index < -0.39 is 0 Å². The summed E-state index contributed by atoms with van der Waals surface area (Å²) in [7, 11) is 0. The first-order valence-corrected chi connectivity index (χ1v) is 6.59. The van der Waals surface area contributed by atoms with E-state index in [0.29, 0.717) is 19.5 Å². The van der Waals surface area contributed by atoms with Gasteiger partial charge in [0, 0.05) is 25.0 Å². The predicted molar refractivity (Wildman–Crippen MR) is 73.0 cm³/mol. The molecule has 0 bridgehead atoms. The van der Waals surface area contributed by atoms with E-state index in [2.05, 4.69) is 10.6 Å². The van der Waals surface area contributed by atoms with Gasteiger partial charge in [0.05, 0.1) is 5.92 Å². The minimum absolute atomic E-state index is 0.0529. The molecule has 0 aromatic carbocycles. The van der Waals surface area contributed by atoms with Gasteiger partial charge in [0.25, 0.3) is 0 Å². The molecule has 4 N–H and O–H groups in total. The molecule has 0 spiro atoms. The third-order valence-corrected chi connectivity index (χ3v) is 2.46. The van der Waals surface area contributed by atoms with Crippen molar-refractivity contribution in [2.75, 3.05) is 13.1 Å². The number of hydrogen-bond donors (Lipinski definition) is 3. The van der Waals surface area contributed by atoms with Crippen LogP contribution in [0.25, 0.3) is 0 Å². The van der Waals surface area contributed by atoms with Gasteiger partial charge < -0.3 is 16.4 Å². The van der Waals surface area contributed by atoms with Crippen molar-refractivity contribution in [2.45, 2.75) is 52.5 Å². The number of carbonyl (C=O) groups is 2. The topological polar surface area (TPSA) is 84.2 Å². The van der Waals surface area contributed by atoms with Crippen LogP contribution in [0.2, 0.25) is 0 Å². The van der Waals surface area contributed by atoms with Crippen molar-refractivity contribution < 1.29 is 9.59 Å². The highest BCUT2D eigenvalue weighted by Gasteiger charge is 2.16. The van der Waals surface area contributed by atoms with E-state index in [1.165, 1.54) is 0 Å². The monoisotopic (exact) mass is 257 g/mol. The van der Waals surface area contributed by atoms with E-state index in [9.17, 15) is 9.59 Å². The van der Waals surface area contributed by atoms with Crippen LogP contribution in [-0.4, -0.2) is 30.4 Å². The second-order valence-electron chi connectivity index (χ2n) is 5.56. The number of nitrogens with two attached hydrogens (primary N) is 1. The van der Waals surface area contributed by atoms with Gasteiger partial charge in [-0.1, -0.05) is 13.3 Å². The fourth-order valence-corrected chi connectivity index (χ4v) is 1.63. The molecule has 1 atom stereocenters. The van der Waals surface area contributed by atoms with Crippen molar-refractivity contribution in [3.05, 3.63) is 0 Å². The summed E-state index contributed by atoms with van der Waals surface area (Å²) in [5.41, 5.74) is 5.30. The highest BCUT2D eigenvalue weighted by Crippen LogP contribution is 2.04. The van der Waals surface area contributed by atoms with E-state index in [-0.39, 0.29) is 23.3 Å². The van der Waals surface area contributed by atoms with E-state index in [1.807, 2.05) is 27.7 Å². The zero-order valence-electron chi connectivity index (χ0n) is 12.0.